The largest absolute Gasteiger partial charge is 0.0619 e. The van der Waals surface area contributed by atoms with Gasteiger partial charge in [-0.3, -0.25) is 0 Å². The van der Waals surface area contributed by atoms with Gasteiger partial charge in [0.15, 0.2) is 0 Å². The van der Waals surface area contributed by atoms with Crippen molar-refractivity contribution >= 4 is 11.6 Å². The van der Waals surface area contributed by atoms with Crippen LogP contribution < -0.4 is 0 Å². The fourth-order valence-corrected chi connectivity index (χ4v) is 5.18. The number of fused-ring (bicyclic) bond motifs is 2. The monoisotopic (exact) mass is 326 g/mol. The van der Waals surface area contributed by atoms with Crippen LogP contribution in [0.1, 0.15) is 60.8 Å². The van der Waals surface area contributed by atoms with E-state index in [1.54, 1.807) is 22.3 Å². The summed E-state index contributed by atoms with van der Waals surface area (Å²) in [7, 11) is 0. The molecule has 1 saturated carbocycles. The number of hydrogen-bond donors (Lipinski definition) is 0. The summed E-state index contributed by atoms with van der Waals surface area (Å²) in [5.41, 5.74) is 10.8. The number of benzene rings is 2. The SMILES string of the molecule is C1=C(C2=C(CC3CCCCC3)Cc3ccccc32)Cc2ccccc21. The van der Waals surface area contributed by atoms with Crippen molar-refractivity contribution in [1.82, 2.24) is 0 Å². The Hall–Kier alpha value is -2.08. The van der Waals surface area contributed by atoms with Crippen LogP contribution in [0, 0.1) is 5.92 Å². The van der Waals surface area contributed by atoms with Crippen molar-refractivity contribution in [2.24, 2.45) is 5.92 Å². The van der Waals surface area contributed by atoms with Gasteiger partial charge in [-0.05, 0) is 58.6 Å². The van der Waals surface area contributed by atoms with Crippen LogP contribution in [0.4, 0.5) is 0 Å². The van der Waals surface area contributed by atoms with E-state index in [1.807, 2.05) is 0 Å². The first-order chi connectivity index (χ1) is 12.4. The van der Waals surface area contributed by atoms with E-state index in [2.05, 4.69) is 54.6 Å². The standard InChI is InChI=1S/C25H26/c1-2-8-18(9-3-1)14-22-17-21-12-6-7-13-24(21)25(22)23-15-19-10-4-5-11-20(19)16-23/h4-7,10-13,15,18H,1-3,8-9,14,16-17H2. The third-order valence-electron chi connectivity index (χ3n) is 6.39. The Morgan fingerprint density at radius 2 is 1.52 bits per heavy atom. The lowest BCUT2D eigenvalue weighted by Gasteiger charge is -2.23. The van der Waals surface area contributed by atoms with Gasteiger partial charge < -0.3 is 0 Å². The summed E-state index contributed by atoms with van der Waals surface area (Å²) in [6.45, 7) is 0. The molecule has 0 atom stereocenters. The molecule has 0 nitrogen and oxygen atoms in total. The molecule has 0 aliphatic heterocycles. The first-order valence-electron chi connectivity index (χ1n) is 9.97. The van der Waals surface area contributed by atoms with E-state index in [4.69, 9.17) is 0 Å². The smallest absolute Gasteiger partial charge is 0.00135 e. The highest BCUT2D eigenvalue weighted by molar-refractivity contribution is 5.93. The van der Waals surface area contributed by atoms with Crippen molar-refractivity contribution in [1.29, 1.82) is 0 Å². The van der Waals surface area contributed by atoms with Gasteiger partial charge >= 0.3 is 0 Å². The average Bonchev–Trinajstić information content (AvgIpc) is 3.22. The van der Waals surface area contributed by atoms with Crippen LogP contribution in [0.5, 0.6) is 0 Å². The van der Waals surface area contributed by atoms with Crippen molar-refractivity contribution in [3.63, 3.8) is 0 Å². The maximum absolute atomic E-state index is 2.45. The molecule has 0 heterocycles. The Labute approximate surface area is 151 Å². The fourth-order valence-electron chi connectivity index (χ4n) is 5.18. The Morgan fingerprint density at radius 1 is 0.760 bits per heavy atom. The summed E-state index contributed by atoms with van der Waals surface area (Å²) < 4.78 is 0. The Bertz CT molecular complexity index is 859. The third kappa shape index (κ3) is 2.78. The number of allylic oxidation sites excluding steroid dienone is 3. The van der Waals surface area contributed by atoms with E-state index in [-0.39, 0.29) is 0 Å². The van der Waals surface area contributed by atoms with E-state index in [1.165, 1.54) is 61.6 Å². The van der Waals surface area contributed by atoms with E-state index < -0.39 is 0 Å². The Kier molecular flexibility index (Phi) is 3.85. The molecule has 0 heteroatoms. The summed E-state index contributed by atoms with van der Waals surface area (Å²) in [4.78, 5) is 0. The first-order valence-corrected chi connectivity index (χ1v) is 9.97. The van der Waals surface area contributed by atoms with Crippen LogP contribution in [0.2, 0.25) is 0 Å². The summed E-state index contributed by atoms with van der Waals surface area (Å²) in [6, 6.07) is 18.0. The highest BCUT2D eigenvalue weighted by Gasteiger charge is 2.28. The molecule has 25 heavy (non-hydrogen) atoms. The molecule has 1 fully saturated rings. The second kappa shape index (κ2) is 6.33. The summed E-state index contributed by atoms with van der Waals surface area (Å²) in [5.74, 6) is 0.914. The second-order valence-corrected chi connectivity index (χ2v) is 8.07. The molecule has 0 amide bonds. The lowest BCUT2D eigenvalue weighted by Crippen LogP contribution is -2.08. The summed E-state index contributed by atoms with van der Waals surface area (Å²) in [6.07, 6.45) is 13.2. The molecule has 3 aliphatic rings. The zero-order valence-corrected chi connectivity index (χ0v) is 14.9. The van der Waals surface area contributed by atoms with Gasteiger partial charge in [-0.1, -0.05) is 92.3 Å². The topological polar surface area (TPSA) is 0 Å². The van der Waals surface area contributed by atoms with Crippen molar-refractivity contribution < 1.29 is 0 Å². The normalized spacial score (nSPS) is 19.8. The Morgan fingerprint density at radius 3 is 2.36 bits per heavy atom. The average molecular weight is 326 g/mol. The Balaban J connectivity index is 1.53. The lowest BCUT2D eigenvalue weighted by atomic mass is 9.83. The van der Waals surface area contributed by atoms with E-state index in [9.17, 15) is 0 Å². The number of hydrogen-bond acceptors (Lipinski definition) is 0. The first kappa shape index (κ1) is 15.2. The van der Waals surface area contributed by atoms with Crippen LogP contribution in [0.3, 0.4) is 0 Å². The highest BCUT2D eigenvalue weighted by Crippen LogP contribution is 2.45. The molecular formula is C25H26. The molecule has 0 bridgehead atoms. The minimum Gasteiger partial charge on any atom is -0.0619 e. The van der Waals surface area contributed by atoms with Gasteiger partial charge in [-0.15, -0.1) is 0 Å². The zero-order chi connectivity index (χ0) is 16.6. The van der Waals surface area contributed by atoms with Crippen molar-refractivity contribution in [2.45, 2.75) is 51.4 Å². The van der Waals surface area contributed by atoms with Crippen LogP contribution in [0.15, 0.2) is 59.7 Å². The number of rotatable bonds is 3. The molecule has 3 aliphatic carbocycles. The molecule has 0 saturated heterocycles. The van der Waals surface area contributed by atoms with Crippen molar-refractivity contribution in [3.8, 4) is 0 Å². The van der Waals surface area contributed by atoms with Gasteiger partial charge in [0.25, 0.3) is 0 Å². The van der Waals surface area contributed by atoms with E-state index in [0.29, 0.717) is 0 Å². The predicted octanol–water partition coefficient (Wildman–Crippen LogP) is 6.61. The quantitative estimate of drug-likeness (QED) is 0.595. The molecule has 0 N–H and O–H groups in total. The van der Waals surface area contributed by atoms with E-state index in [0.717, 1.165) is 12.3 Å². The van der Waals surface area contributed by atoms with Gasteiger partial charge in [0.05, 0.1) is 0 Å². The van der Waals surface area contributed by atoms with Gasteiger partial charge in [0.1, 0.15) is 0 Å². The maximum Gasteiger partial charge on any atom is -0.00135 e. The van der Waals surface area contributed by atoms with E-state index >= 15 is 0 Å². The van der Waals surface area contributed by atoms with Crippen LogP contribution in [-0.2, 0) is 12.8 Å². The molecule has 5 rings (SSSR count). The van der Waals surface area contributed by atoms with Gasteiger partial charge in [-0.2, -0.15) is 0 Å². The maximum atomic E-state index is 2.45. The molecule has 0 unspecified atom stereocenters. The molecule has 2 aromatic carbocycles. The molecule has 0 radical (unpaired) electrons. The summed E-state index contributed by atoms with van der Waals surface area (Å²) in [5, 5.41) is 0. The molecule has 0 spiro atoms. The summed E-state index contributed by atoms with van der Waals surface area (Å²) >= 11 is 0. The van der Waals surface area contributed by atoms with Crippen LogP contribution >= 0.6 is 0 Å². The van der Waals surface area contributed by atoms with Crippen molar-refractivity contribution in [2.75, 3.05) is 0 Å². The second-order valence-electron chi connectivity index (χ2n) is 8.07. The molecule has 126 valence electrons. The van der Waals surface area contributed by atoms with Gasteiger partial charge in [0.2, 0.25) is 0 Å². The minimum absolute atomic E-state index is 0.914. The zero-order valence-electron chi connectivity index (χ0n) is 14.9. The van der Waals surface area contributed by atoms with Crippen LogP contribution in [-0.4, -0.2) is 0 Å². The highest BCUT2D eigenvalue weighted by atomic mass is 14.3. The fraction of sp³-hybridized carbons (Fsp3) is 0.360. The molecule has 0 aromatic heterocycles. The molecule has 2 aromatic rings. The van der Waals surface area contributed by atoms with Gasteiger partial charge in [-0.25, -0.2) is 0 Å². The lowest BCUT2D eigenvalue weighted by molar-refractivity contribution is 0.355. The van der Waals surface area contributed by atoms with Gasteiger partial charge in [0, 0.05) is 0 Å². The van der Waals surface area contributed by atoms with Crippen molar-refractivity contribution in [3.05, 3.63) is 81.9 Å². The molecular weight excluding hydrogens is 300 g/mol. The predicted molar refractivity (Wildman–Crippen MR) is 106 cm³/mol. The van der Waals surface area contributed by atoms with Crippen LogP contribution in [0.25, 0.3) is 11.6 Å². The minimum atomic E-state index is 0.914. The third-order valence-corrected chi connectivity index (χ3v) is 6.39.